The van der Waals surface area contributed by atoms with Gasteiger partial charge in [-0.25, -0.2) is 4.79 Å². The van der Waals surface area contributed by atoms with Gasteiger partial charge in [0.1, 0.15) is 11.4 Å². The minimum absolute atomic E-state index is 0.290. The number of hydrogen-bond acceptors (Lipinski definition) is 3. The van der Waals surface area contributed by atoms with E-state index in [1.54, 1.807) is 4.90 Å². The summed E-state index contributed by atoms with van der Waals surface area (Å²) in [5, 5.41) is 0. The van der Waals surface area contributed by atoms with E-state index in [9.17, 15) is 4.79 Å². The average Bonchev–Trinajstić information content (AvgIpc) is 2.84. The van der Waals surface area contributed by atoms with Crippen molar-refractivity contribution in [3.63, 3.8) is 0 Å². The zero-order valence-corrected chi connectivity index (χ0v) is 12.4. The Morgan fingerprint density at radius 2 is 1.95 bits per heavy atom. The third kappa shape index (κ3) is 4.08. The molecule has 0 saturated heterocycles. The smallest absolute Gasteiger partial charge is 0.415 e. The minimum atomic E-state index is -0.468. The number of rotatable bonds is 3. The summed E-state index contributed by atoms with van der Waals surface area (Å²) in [4.78, 5) is 18.2. The molecule has 1 amide bonds. The molecule has 0 atom stereocenters. The van der Waals surface area contributed by atoms with Gasteiger partial charge in [-0.15, -0.1) is 0 Å². The maximum Gasteiger partial charge on any atom is 0.415 e. The van der Waals surface area contributed by atoms with Crippen LogP contribution in [0.5, 0.6) is 0 Å². The van der Waals surface area contributed by atoms with E-state index in [1.807, 2.05) is 39.0 Å². The number of benzene rings is 1. The number of nitrogens with zero attached hydrogens (tertiary/aromatic N) is 2. The standard InChI is InChI=1S/C16H22N2O2/c1-16(2,3)20-15(19)18-12-11-17-14(18)10-9-13-7-5-4-6-8-13/h4-8H,9-12H2,1-3H3. The SMILES string of the molecule is CC(C)(C)OC(=O)N1CCN=C1CCc1ccccc1. The zero-order chi connectivity index (χ0) is 14.6. The van der Waals surface area contributed by atoms with Crippen LogP contribution >= 0.6 is 0 Å². The first-order chi connectivity index (χ1) is 9.46. The number of carbonyl (C=O) groups excluding carboxylic acids is 1. The molecular weight excluding hydrogens is 252 g/mol. The molecule has 20 heavy (non-hydrogen) atoms. The van der Waals surface area contributed by atoms with E-state index in [0.717, 1.165) is 18.7 Å². The van der Waals surface area contributed by atoms with E-state index in [-0.39, 0.29) is 6.09 Å². The van der Waals surface area contributed by atoms with Gasteiger partial charge in [-0.3, -0.25) is 9.89 Å². The molecule has 0 radical (unpaired) electrons. The molecule has 4 heteroatoms. The molecule has 1 aliphatic heterocycles. The van der Waals surface area contributed by atoms with Crippen LogP contribution in [0.4, 0.5) is 4.79 Å². The van der Waals surface area contributed by atoms with Crippen molar-refractivity contribution in [2.75, 3.05) is 13.1 Å². The van der Waals surface area contributed by atoms with Gasteiger partial charge in [-0.2, -0.15) is 0 Å². The summed E-state index contributed by atoms with van der Waals surface area (Å²) < 4.78 is 5.41. The summed E-state index contributed by atoms with van der Waals surface area (Å²) in [6, 6.07) is 10.2. The highest BCUT2D eigenvalue weighted by Gasteiger charge is 2.27. The lowest BCUT2D eigenvalue weighted by Crippen LogP contribution is -2.39. The Bertz CT molecular complexity index is 489. The molecule has 0 fully saturated rings. The second kappa shape index (κ2) is 6.07. The van der Waals surface area contributed by atoms with Gasteiger partial charge in [0.25, 0.3) is 0 Å². The molecular formula is C16H22N2O2. The Morgan fingerprint density at radius 3 is 2.60 bits per heavy atom. The summed E-state index contributed by atoms with van der Waals surface area (Å²) in [5.74, 6) is 0.836. The van der Waals surface area contributed by atoms with Gasteiger partial charge in [0, 0.05) is 6.42 Å². The van der Waals surface area contributed by atoms with Crippen LogP contribution in [0, 0.1) is 0 Å². The fourth-order valence-corrected chi connectivity index (χ4v) is 2.12. The topological polar surface area (TPSA) is 41.9 Å². The van der Waals surface area contributed by atoms with Crippen molar-refractivity contribution in [1.29, 1.82) is 0 Å². The van der Waals surface area contributed by atoms with Crippen molar-refractivity contribution in [2.45, 2.75) is 39.2 Å². The first-order valence-electron chi connectivity index (χ1n) is 7.03. The molecule has 0 aromatic heterocycles. The Labute approximate surface area is 120 Å². The van der Waals surface area contributed by atoms with Crippen LogP contribution in [0.3, 0.4) is 0 Å². The highest BCUT2D eigenvalue weighted by Crippen LogP contribution is 2.15. The van der Waals surface area contributed by atoms with Gasteiger partial charge in [0.2, 0.25) is 0 Å². The summed E-state index contributed by atoms with van der Waals surface area (Å²) in [6.07, 6.45) is 1.36. The molecule has 1 aliphatic rings. The van der Waals surface area contributed by atoms with E-state index in [2.05, 4.69) is 17.1 Å². The minimum Gasteiger partial charge on any atom is -0.443 e. The molecule has 4 nitrogen and oxygen atoms in total. The summed E-state index contributed by atoms with van der Waals surface area (Å²) in [7, 11) is 0. The Morgan fingerprint density at radius 1 is 1.25 bits per heavy atom. The molecule has 0 spiro atoms. The maximum absolute atomic E-state index is 12.1. The highest BCUT2D eigenvalue weighted by molar-refractivity contribution is 5.96. The zero-order valence-electron chi connectivity index (χ0n) is 12.4. The number of amides is 1. The maximum atomic E-state index is 12.1. The molecule has 0 N–H and O–H groups in total. The van der Waals surface area contributed by atoms with Crippen molar-refractivity contribution in [1.82, 2.24) is 4.90 Å². The van der Waals surface area contributed by atoms with Crippen LogP contribution in [-0.2, 0) is 11.2 Å². The quantitative estimate of drug-likeness (QED) is 0.849. The van der Waals surface area contributed by atoms with Gasteiger partial charge in [0.15, 0.2) is 0 Å². The van der Waals surface area contributed by atoms with Crippen LogP contribution < -0.4 is 0 Å². The predicted molar refractivity (Wildman–Crippen MR) is 80.0 cm³/mol. The van der Waals surface area contributed by atoms with Crippen LogP contribution in [0.1, 0.15) is 32.8 Å². The molecule has 1 aromatic carbocycles. The monoisotopic (exact) mass is 274 g/mol. The lowest BCUT2D eigenvalue weighted by molar-refractivity contribution is 0.0381. The molecule has 0 saturated carbocycles. The predicted octanol–water partition coefficient (Wildman–Crippen LogP) is 3.27. The number of amidine groups is 1. The molecule has 0 unspecified atom stereocenters. The molecule has 0 aliphatic carbocycles. The van der Waals surface area contributed by atoms with E-state index in [0.29, 0.717) is 13.1 Å². The lowest BCUT2D eigenvalue weighted by atomic mass is 10.1. The summed E-state index contributed by atoms with van der Waals surface area (Å²) in [5.41, 5.74) is 0.788. The Balaban J connectivity index is 1.92. The van der Waals surface area contributed by atoms with Crippen LogP contribution in [0.15, 0.2) is 35.3 Å². The number of aliphatic imine (C=N–C) groups is 1. The second-order valence-electron chi connectivity index (χ2n) is 5.92. The number of carbonyl (C=O) groups is 1. The highest BCUT2D eigenvalue weighted by atomic mass is 16.6. The van der Waals surface area contributed by atoms with Crippen LogP contribution in [0.2, 0.25) is 0 Å². The lowest BCUT2D eigenvalue weighted by Gasteiger charge is -2.25. The van der Waals surface area contributed by atoms with Crippen molar-refractivity contribution >= 4 is 11.9 Å². The van der Waals surface area contributed by atoms with E-state index in [1.165, 1.54) is 5.56 Å². The first kappa shape index (κ1) is 14.6. The van der Waals surface area contributed by atoms with Crippen LogP contribution in [0.25, 0.3) is 0 Å². The van der Waals surface area contributed by atoms with Gasteiger partial charge in [0.05, 0.1) is 13.1 Å². The fraction of sp³-hybridized carbons (Fsp3) is 0.500. The van der Waals surface area contributed by atoms with Crippen molar-refractivity contribution in [2.24, 2.45) is 4.99 Å². The molecule has 1 heterocycles. The first-order valence-corrected chi connectivity index (χ1v) is 7.03. The van der Waals surface area contributed by atoms with Crippen LogP contribution in [-0.4, -0.2) is 35.5 Å². The van der Waals surface area contributed by atoms with Gasteiger partial charge < -0.3 is 4.74 Å². The van der Waals surface area contributed by atoms with Crippen molar-refractivity contribution in [3.05, 3.63) is 35.9 Å². The number of aryl methyl sites for hydroxylation is 1. The molecule has 108 valence electrons. The van der Waals surface area contributed by atoms with E-state index >= 15 is 0 Å². The fourth-order valence-electron chi connectivity index (χ4n) is 2.12. The van der Waals surface area contributed by atoms with Crippen molar-refractivity contribution < 1.29 is 9.53 Å². The van der Waals surface area contributed by atoms with Gasteiger partial charge in [-0.1, -0.05) is 30.3 Å². The van der Waals surface area contributed by atoms with Gasteiger partial charge in [-0.05, 0) is 32.8 Å². The third-order valence-corrected chi connectivity index (χ3v) is 3.02. The third-order valence-electron chi connectivity index (χ3n) is 3.02. The van der Waals surface area contributed by atoms with Gasteiger partial charge >= 0.3 is 6.09 Å². The molecule has 2 rings (SSSR count). The Hall–Kier alpha value is -1.84. The Kier molecular flexibility index (Phi) is 4.42. The number of hydrogen-bond donors (Lipinski definition) is 0. The largest absolute Gasteiger partial charge is 0.443 e. The van der Waals surface area contributed by atoms with Crippen molar-refractivity contribution in [3.8, 4) is 0 Å². The molecule has 0 bridgehead atoms. The summed E-state index contributed by atoms with van der Waals surface area (Å²) >= 11 is 0. The van der Waals surface area contributed by atoms with E-state index in [4.69, 9.17) is 4.74 Å². The molecule has 1 aromatic rings. The van der Waals surface area contributed by atoms with E-state index < -0.39 is 5.60 Å². The normalized spacial score (nSPS) is 15.2. The summed E-state index contributed by atoms with van der Waals surface area (Å²) in [6.45, 7) is 6.92. The number of ether oxygens (including phenoxy) is 1. The second-order valence-corrected chi connectivity index (χ2v) is 5.92. The average molecular weight is 274 g/mol.